The second-order valence-electron chi connectivity index (χ2n) is 24.9. The van der Waals surface area contributed by atoms with Crippen molar-refractivity contribution in [2.45, 2.75) is 290 Å². The minimum atomic E-state index is -4.41. The molecule has 0 fully saturated rings. The molecule has 0 aliphatic heterocycles. The summed E-state index contributed by atoms with van der Waals surface area (Å²) in [6.07, 6.45) is 103. The average molecular weight is 1270 g/mol. The molecule has 0 aromatic carbocycles. The molecule has 0 radical (unpaired) electrons. The van der Waals surface area contributed by atoms with E-state index in [0.29, 0.717) is 17.4 Å². The molecule has 2 unspecified atom stereocenters. The Balaban J connectivity index is 4.12. The molecule has 0 amide bonds. The van der Waals surface area contributed by atoms with Crippen molar-refractivity contribution in [1.82, 2.24) is 0 Å². The molecule has 0 rings (SSSR count). The summed E-state index contributed by atoms with van der Waals surface area (Å²) in [6.45, 7) is 4.30. The van der Waals surface area contributed by atoms with Gasteiger partial charge in [0.25, 0.3) is 0 Å². The fourth-order valence-electron chi connectivity index (χ4n) is 9.52. The average Bonchev–Trinajstić information content (AvgIpc) is 3.62. The lowest BCUT2D eigenvalue weighted by Crippen LogP contribution is -2.37. The summed E-state index contributed by atoms with van der Waals surface area (Å²) in [5, 5.41) is 0. The minimum Gasteiger partial charge on any atom is -0.462 e. The van der Waals surface area contributed by atoms with Crippen LogP contribution >= 0.6 is 7.82 Å². The van der Waals surface area contributed by atoms with Gasteiger partial charge in [-0.3, -0.25) is 18.6 Å². The summed E-state index contributed by atoms with van der Waals surface area (Å²) >= 11 is 0. The molecule has 0 saturated carbocycles. The Morgan fingerprint density at radius 2 is 0.633 bits per heavy atom. The van der Waals surface area contributed by atoms with Crippen LogP contribution in [0.4, 0.5) is 0 Å². The Labute approximate surface area is 554 Å². The fourth-order valence-corrected chi connectivity index (χ4v) is 10.3. The van der Waals surface area contributed by atoms with Crippen LogP contribution in [0.3, 0.4) is 0 Å². The molecular weight excluding hydrogens is 1130 g/mol. The minimum absolute atomic E-state index is 0.0222. The van der Waals surface area contributed by atoms with Crippen LogP contribution in [0.15, 0.2) is 158 Å². The first kappa shape index (κ1) is 85.6. The SMILES string of the molecule is CC/C=C\C/C=C\C/C=C\C/C=C\C/C=C\C/C=C\C/C=C\C/C=C\C/C=C\C/C=C\C/C=C\CCCCCCCCCC(=O)OC(COC(=O)CCCCCCCCCCCCCCC/C=C\C/C=C\CCCCCCC)COP(=O)(O)OCC[N+](C)(C)C. The van der Waals surface area contributed by atoms with E-state index < -0.39 is 26.5 Å². The van der Waals surface area contributed by atoms with E-state index in [0.717, 1.165) is 122 Å². The van der Waals surface area contributed by atoms with Gasteiger partial charge in [0, 0.05) is 12.8 Å². The van der Waals surface area contributed by atoms with Gasteiger partial charge in [0.2, 0.25) is 0 Å². The molecule has 0 saturated heterocycles. The number of rotatable bonds is 65. The largest absolute Gasteiger partial charge is 0.472 e. The van der Waals surface area contributed by atoms with Gasteiger partial charge in [0.05, 0.1) is 27.7 Å². The number of esters is 2. The number of unbranched alkanes of at least 4 members (excludes halogenated alkanes) is 25. The van der Waals surface area contributed by atoms with Crippen LogP contribution in [0.25, 0.3) is 0 Å². The van der Waals surface area contributed by atoms with Gasteiger partial charge >= 0.3 is 19.8 Å². The Kier molecular flexibility index (Phi) is 65.6. The van der Waals surface area contributed by atoms with Crippen LogP contribution in [0, 0.1) is 0 Å². The predicted molar refractivity (Wildman–Crippen MR) is 390 cm³/mol. The van der Waals surface area contributed by atoms with Crippen molar-refractivity contribution < 1.29 is 42.1 Å². The monoisotopic (exact) mass is 1270 g/mol. The number of phosphoric acid groups is 1. The third-order valence-corrected chi connectivity index (χ3v) is 16.0. The zero-order valence-electron chi connectivity index (χ0n) is 58.3. The zero-order chi connectivity index (χ0) is 65.5. The second-order valence-corrected chi connectivity index (χ2v) is 26.3. The highest BCUT2D eigenvalue weighted by atomic mass is 31.2. The number of carbonyl (C=O) groups is 2. The second kappa shape index (κ2) is 69.0. The Hall–Kier alpha value is -4.37. The van der Waals surface area contributed by atoms with Crippen LogP contribution in [-0.4, -0.2) is 74.9 Å². The molecule has 9 nitrogen and oxygen atoms in total. The maximum atomic E-state index is 12.9. The van der Waals surface area contributed by atoms with E-state index >= 15 is 0 Å². The standard InChI is InChI=1S/C80H134NO8P/c1-6-8-10-12-14-16-18-20-22-24-26-28-30-32-33-34-35-36-37-38-39-40-41-42-43-44-45-46-47-49-51-53-55-57-59-61-63-65-67-69-71-73-80(83)89-78(77-88-90(84,85)87-75-74-81(3,4)5)76-86-79(82)72-70-68-66-64-62-60-58-56-54-52-50-48-31-29-27-25-23-21-19-17-15-13-11-9-7-2/h8,10,14,16,19-22,25-28,32-33,35-36,38-39,41-42,44-45,47,49,53,55,78H,6-7,9,11-13,15,17-18,23-24,29-31,34,37,40,43,46,48,50-52,54,56-77H2,1-5H3/p+1/b10-8-,16-14-,21-19-,22-20-,27-25-,28-26-,33-32-,36-35-,39-38-,42-41-,45-44-,49-47-,55-53-. The fraction of sp³-hybridized carbons (Fsp3) is 0.650. The molecule has 0 aliphatic carbocycles. The van der Waals surface area contributed by atoms with Crippen LogP contribution in [0.5, 0.6) is 0 Å². The Morgan fingerprint density at radius 1 is 0.356 bits per heavy atom. The van der Waals surface area contributed by atoms with E-state index in [-0.39, 0.29) is 32.0 Å². The van der Waals surface area contributed by atoms with E-state index in [1.165, 1.54) is 128 Å². The van der Waals surface area contributed by atoms with Gasteiger partial charge in [0.1, 0.15) is 19.8 Å². The highest BCUT2D eigenvalue weighted by Gasteiger charge is 2.27. The van der Waals surface area contributed by atoms with Crippen LogP contribution in [0.1, 0.15) is 284 Å². The maximum absolute atomic E-state index is 12.9. The number of phosphoric ester groups is 1. The molecular formula is C80H135NO8P+. The van der Waals surface area contributed by atoms with Crippen LogP contribution in [-0.2, 0) is 32.7 Å². The third-order valence-electron chi connectivity index (χ3n) is 15.0. The molecule has 2 atom stereocenters. The smallest absolute Gasteiger partial charge is 0.462 e. The van der Waals surface area contributed by atoms with Crippen molar-refractivity contribution in [2.24, 2.45) is 0 Å². The van der Waals surface area contributed by atoms with Gasteiger partial charge in [-0.2, -0.15) is 0 Å². The molecule has 10 heteroatoms. The first-order valence-electron chi connectivity index (χ1n) is 36.2. The van der Waals surface area contributed by atoms with Crippen molar-refractivity contribution in [1.29, 1.82) is 0 Å². The van der Waals surface area contributed by atoms with Crippen LogP contribution in [0.2, 0.25) is 0 Å². The Bertz CT molecular complexity index is 2080. The summed E-state index contributed by atoms with van der Waals surface area (Å²) in [5.41, 5.74) is 0. The third kappa shape index (κ3) is 72.7. The van der Waals surface area contributed by atoms with E-state index in [2.05, 4.69) is 172 Å². The van der Waals surface area contributed by atoms with E-state index in [1.54, 1.807) is 0 Å². The number of hydrogen-bond donors (Lipinski definition) is 1. The van der Waals surface area contributed by atoms with Crippen molar-refractivity contribution in [3.8, 4) is 0 Å². The van der Waals surface area contributed by atoms with Crippen molar-refractivity contribution in [3.05, 3.63) is 158 Å². The van der Waals surface area contributed by atoms with Gasteiger partial charge in [0.15, 0.2) is 6.10 Å². The first-order valence-corrected chi connectivity index (χ1v) is 37.7. The topological polar surface area (TPSA) is 108 Å². The molecule has 0 aliphatic rings. The molecule has 90 heavy (non-hydrogen) atoms. The van der Waals surface area contributed by atoms with Gasteiger partial charge < -0.3 is 18.9 Å². The molecule has 1 N–H and O–H groups in total. The molecule has 0 aromatic heterocycles. The van der Waals surface area contributed by atoms with Crippen LogP contribution < -0.4 is 0 Å². The molecule has 0 bridgehead atoms. The van der Waals surface area contributed by atoms with Crippen molar-refractivity contribution in [3.63, 3.8) is 0 Å². The van der Waals surface area contributed by atoms with Crippen molar-refractivity contribution >= 4 is 19.8 Å². The molecule has 0 heterocycles. The molecule has 512 valence electrons. The quantitative estimate of drug-likeness (QED) is 0.0211. The van der Waals surface area contributed by atoms with E-state index in [4.69, 9.17) is 18.5 Å². The summed E-state index contributed by atoms with van der Waals surface area (Å²) in [7, 11) is 1.45. The highest BCUT2D eigenvalue weighted by molar-refractivity contribution is 7.47. The van der Waals surface area contributed by atoms with Gasteiger partial charge in [-0.05, 0) is 128 Å². The molecule has 0 aromatic rings. The first-order chi connectivity index (χ1) is 44.0. The number of quaternary nitrogens is 1. The number of nitrogens with zero attached hydrogens (tertiary/aromatic N) is 1. The summed E-state index contributed by atoms with van der Waals surface area (Å²) in [4.78, 5) is 35.9. The van der Waals surface area contributed by atoms with Gasteiger partial charge in [-0.15, -0.1) is 0 Å². The Morgan fingerprint density at radius 3 is 0.944 bits per heavy atom. The summed E-state index contributed by atoms with van der Waals surface area (Å²) in [5.74, 6) is -0.815. The van der Waals surface area contributed by atoms with E-state index in [9.17, 15) is 19.0 Å². The summed E-state index contributed by atoms with van der Waals surface area (Å²) < 4.78 is 34.7. The van der Waals surface area contributed by atoms with Gasteiger partial charge in [-0.25, -0.2) is 4.57 Å². The number of likely N-dealkylation sites (N-methyl/N-ethyl adjacent to an activating group) is 1. The lowest BCUT2D eigenvalue weighted by Gasteiger charge is -2.24. The number of allylic oxidation sites excluding steroid dienone is 26. The number of ether oxygens (including phenoxy) is 2. The van der Waals surface area contributed by atoms with Crippen molar-refractivity contribution in [2.75, 3.05) is 47.5 Å². The predicted octanol–water partition coefficient (Wildman–Crippen LogP) is 23.9. The lowest BCUT2D eigenvalue weighted by molar-refractivity contribution is -0.870. The lowest BCUT2D eigenvalue weighted by atomic mass is 10.0. The summed E-state index contributed by atoms with van der Waals surface area (Å²) in [6, 6.07) is 0. The number of carbonyl (C=O) groups excluding carboxylic acids is 2. The molecule has 0 spiro atoms. The number of hydrogen-bond acceptors (Lipinski definition) is 7. The van der Waals surface area contributed by atoms with E-state index in [1.807, 2.05) is 21.1 Å². The zero-order valence-corrected chi connectivity index (χ0v) is 59.2. The maximum Gasteiger partial charge on any atom is 0.472 e. The normalized spacial score (nSPS) is 14.1. The van der Waals surface area contributed by atoms with Gasteiger partial charge in [-0.1, -0.05) is 300 Å². The highest BCUT2D eigenvalue weighted by Crippen LogP contribution is 2.43.